The van der Waals surface area contributed by atoms with E-state index in [9.17, 15) is 5.26 Å². The van der Waals surface area contributed by atoms with Gasteiger partial charge in [-0.05, 0) is 19.8 Å². The molecule has 1 N–H and O–H groups in total. The first-order valence-electron chi connectivity index (χ1n) is 6.83. The van der Waals surface area contributed by atoms with Crippen molar-refractivity contribution < 1.29 is 0 Å². The van der Waals surface area contributed by atoms with Crippen LogP contribution in [0.15, 0.2) is 5.38 Å². The fourth-order valence-electron chi connectivity index (χ4n) is 2.62. The van der Waals surface area contributed by atoms with Crippen LogP contribution in [0, 0.1) is 24.2 Å². The van der Waals surface area contributed by atoms with Gasteiger partial charge < -0.3 is 5.32 Å². The topological polar surface area (TPSA) is 48.7 Å². The third-order valence-electron chi connectivity index (χ3n) is 3.64. The van der Waals surface area contributed by atoms with E-state index in [0.29, 0.717) is 6.04 Å². The highest BCUT2D eigenvalue weighted by molar-refractivity contribution is 7.09. The molecular weight excluding hydrogens is 242 g/mol. The lowest BCUT2D eigenvalue weighted by Gasteiger charge is -2.20. The van der Waals surface area contributed by atoms with Crippen molar-refractivity contribution in [2.45, 2.75) is 51.5 Å². The summed E-state index contributed by atoms with van der Waals surface area (Å²) in [6.07, 6.45) is 6.92. The molecular formula is C14H21N3S. The minimum atomic E-state index is 0.199. The van der Waals surface area contributed by atoms with Crippen LogP contribution >= 0.6 is 11.3 Å². The van der Waals surface area contributed by atoms with Gasteiger partial charge in [-0.1, -0.05) is 19.3 Å². The lowest BCUT2D eigenvalue weighted by atomic mass is 9.96. The Bertz CT molecular complexity index is 407. The second kappa shape index (κ2) is 6.86. The largest absolute Gasteiger partial charge is 0.312 e. The zero-order valence-electron chi connectivity index (χ0n) is 11.0. The van der Waals surface area contributed by atoms with Gasteiger partial charge in [0.2, 0.25) is 0 Å². The van der Waals surface area contributed by atoms with E-state index >= 15 is 0 Å². The number of nitriles is 1. The van der Waals surface area contributed by atoms with Crippen LogP contribution in [0.4, 0.5) is 0 Å². The summed E-state index contributed by atoms with van der Waals surface area (Å²) in [5.41, 5.74) is 1.17. The molecule has 0 spiro atoms. The average Bonchev–Trinajstić information content (AvgIpc) is 2.64. The predicted molar refractivity (Wildman–Crippen MR) is 74.5 cm³/mol. The molecule has 1 aliphatic rings. The van der Waals surface area contributed by atoms with Crippen LogP contribution in [0.3, 0.4) is 0 Å². The molecule has 1 saturated carbocycles. The Morgan fingerprint density at radius 1 is 1.44 bits per heavy atom. The normalized spacial score (nSPS) is 24.4. The summed E-state index contributed by atoms with van der Waals surface area (Å²) in [7, 11) is 0. The third-order valence-corrected chi connectivity index (χ3v) is 4.46. The summed E-state index contributed by atoms with van der Waals surface area (Å²) in [5, 5.41) is 16.0. The number of nitrogens with one attached hydrogen (secondary N) is 1. The number of nitrogens with zero attached hydrogens (tertiary/aromatic N) is 2. The fourth-order valence-corrected chi connectivity index (χ4v) is 3.26. The van der Waals surface area contributed by atoms with Crippen molar-refractivity contribution in [1.29, 1.82) is 5.26 Å². The number of thiazole rings is 1. The molecule has 3 nitrogen and oxygen atoms in total. The van der Waals surface area contributed by atoms with Gasteiger partial charge in [-0.2, -0.15) is 5.26 Å². The molecule has 2 rings (SSSR count). The molecule has 1 heterocycles. The molecule has 0 aliphatic heterocycles. The molecule has 1 aromatic rings. The molecule has 1 fully saturated rings. The number of hydrogen-bond donors (Lipinski definition) is 1. The molecule has 4 heteroatoms. The van der Waals surface area contributed by atoms with Crippen LogP contribution in [-0.4, -0.2) is 17.6 Å². The highest BCUT2D eigenvalue weighted by Gasteiger charge is 2.22. The molecule has 2 atom stereocenters. The molecule has 0 aromatic carbocycles. The van der Waals surface area contributed by atoms with E-state index in [-0.39, 0.29) is 5.92 Å². The first-order valence-corrected chi connectivity index (χ1v) is 7.71. The molecule has 18 heavy (non-hydrogen) atoms. The second-order valence-electron chi connectivity index (χ2n) is 5.04. The minimum Gasteiger partial charge on any atom is -0.312 e. The summed E-state index contributed by atoms with van der Waals surface area (Å²) in [6.45, 7) is 2.98. The van der Waals surface area contributed by atoms with E-state index in [2.05, 4.69) is 21.8 Å². The Balaban J connectivity index is 1.79. The predicted octanol–water partition coefficient (Wildman–Crippen LogP) is 3.06. The van der Waals surface area contributed by atoms with Crippen LogP contribution in [-0.2, 0) is 6.42 Å². The molecule has 2 unspecified atom stereocenters. The Labute approximate surface area is 113 Å². The summed E-state index contributed by atoms with van der Waals surface area (Å²) in [4.78, 5) is 4.46. The van der Waals surface area contributed by atoms with E-state index in [1.54, 1.807) is 11.3 Å². The van der Waals surface area contributed by atoms with Gasteiger partial charge in [0, 0.05) is 24.4 Å². The first kappa shape index (κ1) is 13.5. The zero-order chi connectivity index (χ0) is 12.8. The summed E-state index contributed by atoms with van der Waals surface area (Å²) < 4.78 is 0. The minimum absolute atomic E-state index is 0.199. The first-order chi connectivity index (χ1) is 8.79. The van der Waals surface area contributed by atoms with Gasteiger partial charge in [-0.15, -0.1) is 11.3 Å². The zero-order valence-corrected chi connectivity index (χ0v) is 11.8. The Morgan fingerprint density at radius 2 is 2.28 bits per heavy atom. The fraction of sp³-hybridized carbons (Fsp3) is 0.714. The number of aromatic nitrogens is 1. The van der Waals surface area contributed by atoms with Gasteiger partial charge in [0.15, 0.2) is 0 Å². The maximum Gasteiger partial charge on any atom is 0.0897 e. The van der Waals surface area contributed by atoms with Crippen molar-refractivity contribution in [2.75, 3.05) is 6.54 Å². The van der Waals surface area contributed by atoms with Gasteiger partial charge >= 0.3 is 0 Å². The Kier molecular flexibility index (Phi) is 5.15. The van der Waals surface area contributed by atoms with Crippen molar-refractivity contribution in [3.05, 3.63) is 16.1 Å². The van der Waals surface area contributed by atoms with Crippen LogP contribution in [0.1, 0.15) is 42.8 Å². The summed E-state index contributed by atoms with van der Waals surface area (Å²) in [6, 6.07) is 2.86. The van der Waals surface area contributed by atoms with E-state index in [4.69, 9.17) is 0 Å². The van der Waals surface area contributed by atoms with Crippen molar-refractivity contribution in [1.82, 2.24) is 10.3 Å². The molecule has 0 amide bonds. The summed E-state index contributed by atoms with van der Waals surface area (Å²) in [5.74, 6) is 0.199. The number of hydrogen-bond acceptors (Lipinski definition) is 4. The lowest BCUT2D eigenvalue weighted by molar-refractivity contribution is 0.397. The van der Waals surface area contributed by atoms with Crippen LogP contribution in [0.2, 0.25) is 0 Å². The molecule has 0 bridgehead atoms. The van der Waals surface area contributed by atoms with E-state index in [1.807, 2.05) is 6.92 Å². The molecule has 0 radical (unpaired) electrons. The quantitative estimate of drug-likeness (QED) is 0.849. The molecule has 1 aliphatic carbocycles. The van der Waals surface area contributed by atoms with E-state index in [1.165, 1.54) is 25.0 Å². The van der Waals surface area contributed by atoms with Gasteiger partial charge in [-0.3, -0.25) is 0 Å². The van der Waals surface area contributed by atoms with Crippen molar-refractivity contribution in [3.63, 3.8) is 0 Å². The highest BCUT2D eigenvalue weighted by Crippen LogP contribution is 2.22. The SMILES string of the molecule is Cc1nc(CCNC2CCCCCC2C#N)cs1. The number of rotatable bonds is 4. The van der Waals surface area contributed by atoms with E-state index in [0.717, 1.165) is 30.8 Å². The van der Waals surface area contributed by atoms with Crippen molar-refractivity contribution in [2.24, 2.45) is 5.92 Å². The second-order valence-corrected chi connectivity index (χ2v) is 6.10. The van der Waals surface area contributed by atoms with Gasteiger partial charge in [0.1, 0.15) is 0 Å². The maximum atomic E-state index is 9.21. The number of aryl methyl sites for hydroxylation is 1. The lowest BCUT2D eigenvalue weighted by Crippen LogP contribution is -2.36. The average molecular weight is 263 g/mol. The van der Waals surface area contributed by atoms with Crippen LogP contribution < -0.4 is 5.32 Å². The Morgan fingerprint density at radius 3 is 3.00 bits per heavy atom. The smallest absolute Gasteiger partial charge is 0.0897 e. The standard InChI is InChI=1S/C14H21N3S/c1-11-17-13(10-18-11)7-8-16-14-6-4-2-3-5-12(14)9-15/h10,12,14,16H,2-8H2,1H3. The van der Waals surface area contributed by atoms with Gasteiger partial charge in [0.25, 0.3) is 0 Å². The third kappa shape index (κ3) is 3.79. The van der Waals surface area contributed by atoms with Crippen LogP contribution in [0.25, 0.3) is 0 Å². The van der Waals surface area contributed by atoms with Crippen molar-refractivity contribution in [3.8, 4) is 6.07 Å². The molecule has 98 valence electrons. The van der Waals surface area contributed by atoms with Crippen molar-refractivity contribution >= 4 is 11.3 Å². The molecule has 1 aromatic heterocycles. The molecule has 0 saturated heterocycles. The highest BCUT2D eigenvalue weighted by atomic mass is 32.1. The monoisotopic (exact) mass is 263 g/mol. The Hall–Kier alpha value is -0.920. The maximum absolute atomic E-state index is 9.21. The van der Waals surface area contributed by atoms with Gasteiger partial charge in [-0.25, -0.2) is 4.98 Å². The van der Waals surface area contributed by atoms with Gasteiger partial charge in [0.05, 0.1) is 22.7 Å². The van der Waals surface area contributed by atoms with E-state index < -0.39 is 0 Å². The summed E-state index contributed by atoms with van der Waals surface area (Å²) >= 11 is 1.71. The van der Waals surface area contributed by atoms with Crippen LogP contribution in [0.5, 0.6) is 0 Å².